The van der Waals surface area contributed by atoms with Gasteiger partial charge in [0.15, 0.2) is 11.5 Å². The van der Waals surface area contributed by atoms with Gasteiger partial charge in [-0.25, -0.2) is 0 Å². The predicted molar refractivity (Wildman–Crippen MR) is 84.7 cm³/mol. The molecule has 0 N–H and O–H groups in total. The van der Waals surface area contributed by atoms with Crippen LogP contribution in [-0.2, 0) is 9.53 Å². The molecule has 1 aromatic carbocycles. The second kappa shape index (κ2) is 8.29. The summed E-state index contributed by atoms with van der Waals surface area (Å²) in [6, 6.07) is 5.79. The van der Waals surface area contributed by atoms with Crippen molar-refractivity contribution < 1.29 is 19.0 Å². The monoisotopic (exact) mass is 310 g/mol. The number of hydrogen-bond acceptors (Lipinski definition) is 5. The summed E-state index contributed by atoms with van der Waals surface area (Å²) in [5.41, 5.74) is 1.02. The Kier molecular flexibility index (Phi) is 6.39. The molecule has 1 atom stereocenters. The molecule has 21 heavy (non-hydrogen) atoms. The maximum Gasteiger partial charge on any atom is 0.161 e. The molecular weight excluding hydrogens is 288 g/mol. The molecule has 4 nitrogen and oxygen atoms in total. The van der Waals surface area contributed by atoms with E-state index in [1.54, 1.807) is 14.2 Å². The fourth-order valence-electron chi connectivity index (χ4n) is 2.33. The van der Waals surface area contributed by atoms with Crippen molar-refractivity contribution in [3.8, 4) is 11.5 Å². The molecule has 1 unspecified atom stereocenters. The highest BCUT2D eigenvalue weighted by Gasteiger charge is 2.25. The zero-order valence-corrected chi connectivity index (χ0v) is 13.4. The number of methoxy groups -OCH3 is 2. The van der Waals surface area contributed by atoms with Gasteiger partial charge in [0, 0.05) is 38.1 Å². The van der Waals surface area contributed by atoms with E-state index in [-0.39, 0.29) is 5.92 Å². The molecule has 1 saturated heterocycles. The number of carbonyl (C=O) groups excluding carboxylic acids is 1. The van der Waals surface area contributed by atoms with Gasteiger partial charge in [0.2, 0.25) is 0 Å². The van der Waals surface area contributed by atoms with E-state index in [2.05, 4.69) is 0 Å². The summed E-state index contributed by atoms with van der Waals surface area (Å²) in [7, 11) is 3.30. The van der Waals surface area contributed by atoms with Gasteiger partial charge in [-0.05, 0) is 17.7 Å². The van der Waals surface area contributed by atoms with E-state index in [9.17, 15) is 4.79 Å². The molecular formula is C16H22O4S. The first-order chi connectivity index (χ1) is 10.3. The first kappa shape index (κ1) is 16.2. The number of hydrogen-bond donors (Lipinski definition) is 0. The smallest absolute Gasteiger partial charge is 0.161 e. The number of Topliss-reactive ketones (excluding diaryl/α,β-unsaturated/α-hetero) is 1. The van der Waals surface area contributed by atoms with Gasteiger partial charge in [0.05, 0.1) is 19.6 Å². The van der Waals surface area contributed by atoms with Crippen molar-refractivity contribution in [1.82, 2.24) is 0 Å². The van der Waals surface area contributed by atoms with Crippen LogP contribution in [0.1, 0.15) is 24.3 Å². The minimum absolute atomic E-state index is 0.0176. The fraction of sp³-hybridized carbons (Fsp3) is 0.562. The van der Waals surface area contributed by atoms with Crippen LogP contribution >= 0.6 is 11.8 Å². The molecule has 1 heterocycles. The molecule has 5 heteroatoms. The van der Waals surface area contributed by atoms with Crippen molar-refractivity contribution in [2.24, 2.45) is 0 Å². The van der Waals surface area contributed by atoms with E-state index in [4.69, 9.17) is 14.2 Å². The highest BCUT2D eigenvalue weighted by atomic mass is 32.2. The van der Waals surface area contributed by atoms with E-state index < -0.39 is 0 Å². The third-order valence-corrected chi connectivity index (χ3v) is 4.57. The molecule has 116 valence electrons. The zero-order chi connectivity index (χ0) is 15.1. The topological polar surface area (TPSA) is 44.8 Å². The molecule has 0 radical (unpaired) electrons. The van der Waals surface area contributed by atoms with Crippen molar-refractivity contribution in [1.29, 1.82) is 0 Å². The lowest BCUT2D eigenvalue weighted by Crippen LogP contribution is -2.20. The number of thioether (sulfide) groups is 1. The van der Waals surface area contributed by atoms with Crippen LogP contribution in [0.4, 0.5) is 0 Å². The lowest BCUT2D eigenvalue weighted by Gasteiger charge is -2.21. The molecule has 0 bridgehead atoms. The number of ketones is 1. The maximum atomic E-state index is 12.1. The molecule has 1 aliphatic heterocycles. The second-order valence-corrected chi connectivity index (χ2v) is 6.10. The van der Waals surface area contributed by atoms with Crippen molar-refractivity contribution in [2.45, 2.75) is 18.8 Å². The van der Waals surface area contributed by atoms with Crippen LogP contribution in [-0.4, -0.2) is 44.7 Å². The van der Waals surface area contributed by atoms with E-state index in [1.807, 2.05) is 30.0 Å². The van der Waals surface area contributed by atoms with Gasteiger partial charge in [-0.3, -0.25) is 4.79 Å². The van der Waals surface area contributed by atoms with Gasteiger partial charge in [-0.15, -0.1) is 0 Å². The maximum absolute atomic E-state index is 12.1. The van der Waals surface area contributed by atoms with Crippen LogP contribution < -0.4 is 9.47 Å². The molecule has 0 spiro atoms. The Labute approximate surface area is 130 Å². The second-order valence-electron chi connectivity index (χ2n) is 4.95. The molecule has 0 saturated carbocycles. The van der Waals surface area contributed by atoms with Crippen LogP contribution in [0.3, 0.4) is 0 Å². The molecule has 1 aromatic rings. The summed E-state index contributed by atoms with van der Waals surface area (Å²) < 4.78 is 16.1. The Bertz CT molecular complexity index is 475. The molecule has 0 aromatic heterocycles. The minimum atomic E-state index is -0.0176. The molecule has 0 aliphatic carbocycles. The first-order valence-corrected chi connectivity index (χ1v) is 8.32. The van der Waals surface area contributed by atoms with Crippen LogP contribution in [0, 0.1) is 0 Å². The largest absolute Gasteiger partial charge is 0.493 e. The summed E-state index contributed by atoms with van der Waals surface area (Å²) in [6.07, 6.45) is 1.48. The molecule has 1 aliphatic rings. The molecule has 1 fully saturated rings. The average Bonchev–Trinajstić information content (AvgIpc) is 2.52. The molecule has 2 rings (SSSR count). The van der Waals surface area contributed by atoms with Crippen LogP contribution in [0.5, 0.6) is 11.5 Å². The average molecular weight is 310 g/mol. The quantitative estimate of drug-likeness (QED) is 0.725. The zero-order valence-electron chi connectivity index (χ0n) is 12.6. The van der Waals surface area contributed by atoms with Gasteiger partial charge in [-0.2, -0.15) is 11.8 Å². The van der Waals surface area contributed by atoms with Crippen LogP contribution in [0.25, 0.3) is 0 Å². The van der Waals surface area contributed by atoms with Crippen LogP contribution in [0.15, 0.2) is 18.2 Å². The number of benzene rings is 1. The van der Waals surface area contributed by atoms with Gasteiger partial charge < -0.3 is 14.2 Å². The van der Waals surface area contributed by atoms with Gasteiger partial charge in [0.25, 0.3) is 0 Å². The van der Waals surface area contributed by atoms with E-state index in [0.717, 1.165) is 23.5 Å². The van der Waals surface area contributed by atoms with Crippen LogP contribution in [0.2, 0.25) is 0 Å². The standard InChI is InChI=1S/C16H22O4S/c1-18-7-3-8-20-16-10-12(4-5-15(16)19-2)13-11-21-9-6-14(13)17/h4-5,10,13H,3,6-9,11H2,1-2H3. The highest BCUT2D eigenvalue weighted by Crippen LogP contribution is 2.34. The summed E-state index contributed by atoms with van der Waals surface area (Å²) in [5, 5.41) is 0. The Hall–Kier alpha value is -1.20. The van der Waals surface area contributed by atoms with Gasteiger partial charge >= 0.3 is 0 Å². The van der Waals surface area contributed by atoms with Crippen molar-refractivity contribution in [3.63, 3.8) is 0 Å². The normalized spacial score (nSPS) is 18.6. The highest BCUT2D eigenvalue weighted by molar-refractivity contribution is 7.99. The Balaban J connectivity index is 2.10. The summed E-state index contributed by atoms with van der Waals surface area (Å²) >= 11 is 1.83. The van der Waals surface area contributed by atoms with Gasteiger partial charge in [0.1, 0.15) is 5.78 Å². The van der Waals surface area contributed by atoms with E-state index in [0.29, 0.717) is 36.9 Å². The number of ether oxygens (including phenoxy) is 3. The third-order valence-electron chi connectivity index (χ3n) is 3.51. The minimum Gasteiger partial charge on any atom is -0.493 e. The Morgan fingerprint density at radius 1 is 1.24 bits per heavy atom. The van der Waals surface area contributed by atoms with Crippen molar-refractivity contribution >= 4 is 17.5 Å². The van der Waals surface area contributed by atoms with Gasteiger partial charge in [-0.1, -0.05) is 6.07 Å². The predicted octanol–water partition coefficient (Wildman–Crippen LogP) is 2.90. The first-order valence-electron chi connectivity index (χ1n) is 7.16. The van der Waals surface area contributed by atoms with E-state index >= 15 is 0 Å². The number of rotatable bonds is 7. The summed E-state index contributed by atoms with van der Waals surface area (Å²) in [5.74, 6) is 3.50. The lowest BCUT2D eigenvalue weighted by atomic mass is 9.94. The lowest BCUT2D eigenvalue weighted by molar-refractivity contribution is -0.119. The third kappa shape index (κ3) is 4.38. The molecule has 0 amide bonds. The van der Waals surface area contributed by atoms with E-state index in [1.165, 1.54) is 0 Å². The summed E-state index contributed by atoms with van der Waals surface area (Å²) in [6.45, 7) is 1.24. The summed E-state index contributed by atoms with van der Waals surface area (Å²) in [4.78, 5) is 12.1. The number of carbonyl (C=O) groups is 1. The van der Waals surface area contributed by atoms with Crippen molar-refractivity contribution in [3.05, 3.63) is 23.8 Å². The SMILES string of the molecule is COCCCOc1cc(C2CSCCC2=O)ccc1OC. The van der Waals surface area contributed by atoms with Crippen molar-refractivity contribution in [2.75, 3.05) is 38.9 Å². The Morgan fingerprint density at radius 3 is 2.81 bits per heavy atom. The fourth-order valence-corrected chi connectivity index (χ4v) is 3.46. The Morgan fingerprint density at radius 2 is 2.10 bits per heavy atom.